The third-order valence-corrected chi connectivity index (χ3v) is 1.83. The van der Waals surface area contributed by atoms with Crippen LogP contribution in [-0.2, 0) is 0 Å². The summed E-state index contributed by atoms with van der Waals surface area (Å²) in [5.41, 5.74) is 0.443. The first-order valence-corrected chi connectivity index (χ1v) is 4.29. The number of hydrogen-bond donors (Lipinski definition) is 1. The van der Waals surface area contributed by atoms with Crippen LogP contribution in [-0.4, -0.2) is 21.0 Å². The molecule has 0 amide bonds. The highest BCUT2D eigenvalue weighted by Gasteiger charge is 2.10. The Morgan fingerprint density at radius 2 is 2.27 bits per heavy atom. The van der Waals surface area contributed by atoms with Crippen LogP contribution in [0.1, 0.15) is 16.3 Å². The number of carboxylic acid groups (broad SMARTS) is 1. The lowest BCUT2D eigenvalue weighted by Crippen LogP contribution is -2.03. The molecule has 1 N–H and O–H groups in total. The van der Waals surface area contributed by atoms with Gasteiger partial charge in [-0.2, -0.15) is 0 Å². The summed E-state index contributed by atoms with van der Waals surface area (Å²) in [5, 5.41) is 8.81. The third kappa shape index (κ3) is 1.85. The van der Waals surface area contributed by atoms with Crippen LogP contribution in [0.2, 0.25) is 0 Å². The molecule has 15 heavy (non-hydrogen) atoms. The van der Waals surface area contributed by atoms with E-state index >= 15 is 0 Å². The summed E-state index contributed by atoms with van der Waals surface area (Å²) in [4.78, 5) is 18.6. The Balaban J connectivity index is 2.54. The van der Waals surface area contributed by atoms with Crippen molar-refractivity contribution in [3.05, 3.63) is 36.0 Å². The fraction of sp³-hybridized carbons (Fsp3) is 0.100. The number of rotatable bonds is 2. The zero-order valence-electron chi connectivity index (χ0n) is 7.97. The van der Waals surface area contributed by atoms with Gasteiger partial charge < -0.3 is 9.52 Å². The number of carboxylic acids is 1. The summed E-state index contributed by atoms with van der Waals surface area (Å²) in [6, 6.07) is 4.81. The highest BCUT2D eigenvalue weighted by molar-refractivity contribution is 5.86. The first kappa shape index (κ1) is 9.39. The standard InChI is InChI=1S/C10H8N2O3/c1-6-11-7(9-3-2-4-15-9)5-8(12-6)10(13)14/h2-5H,1H3,(H,13,14). The van der Waals surface area contributed by atoms with Gasteiger partial charge in [-0.3, -0.25) is 0 Å². The number of nitrogens with zero attached hydrogens (tertiary/aromatic N) is 2. The van der Waals surface area contributed by atoms with Gasteiger partial charge in [-0.25, -0.2) is 14.8 Å². The summed E-state index contributed by atoms with van der Waals surface area (Å²) in [6.07, 6.45) is 1.51. The van der Waals surface area contributed by atoms with Gasteiger partial charge in [-0.15, -0.1) is 0 Å². The number of furan rings is 1. The van der Waals surface area contributed by atoms with E-state index in [0.29, 0.717) is 17.3 Å². The molecule has 0 spiro atoms. The zero-order valence-corrected chi connectivity index (χ0v) is 7.97. The molecule has 2 heterocycles. The van der Waals surface area contributed by atoms with Crippen LogP contribution < -0.4 is 0 Å². The van der Waals surface area contributed by atoms with Gasteiger partial charge in [0.2, 0.25) is 0 Å². The van der Waals surface area contributed by atoms with E-state index in [1.165, 1.54) is 12.3 Å². The maximum Gasteiger partial charge on any atom is 0.354 e. The fourth-order valence-electron chi connectivity index (χ4n) is 1.23. The second-order valence-corrected chi connectivity index (χ2v) is 2.97. The Labute approximate surface area is 85.4 Å². The molecule has 0 aliphatic heterocycles. The van der Waals surface area contributed by atoms with E-state index in [1.807, 2.05) is 0 Å². The van der Waals surface area contributed by atoms with Crippen molar-refractivity contribution in [1.82, 2.24) is 9.97 Å². The monoisotopic (exact) mass is 204 g/mol. The SMILES string of the molecule is Cc1nc(C(=O)O)cc(-c2ccco2)n1. The van der Waals surface area contributed by atoms with E-state index in [-0.39, 0.29) is 5.69 Å². The molecular formula is C10H8N2O3. The first-order valence-electron chi connectivity index (χ1n) is 4.29. The van der Waals surface area contributed by atoms with E-state index in [1.54, 1.807) is 19.1 Å². The van der Waals surface area contributed by atoms with Crippen molar-refractivity contribution in [1.29, 1.82) is 0 Å². The Hall–Kier alpha value is -2.17. The van der Waals surface area contributed by atoms with Crippen LogP contribution in [0, 0.1) is 6.92 Å². The highest BCUT2D eigenvalue weighted by Crippen LogP contribution is 2.17. The number of carbonyl (C=O) groups is 1. The van der Waals surface area contributed by atoms with Crippen molar-refractivity contribution in [2.75, 3.05) is 0 Å². The number of aromatic carboxylic acids is 1. The molecule has 0 saturated carbocycles. The molecule has 0 aliphatic carbocycles. The molecule has 0 bridgehead atoms. The third-order valence-electron chi connectivity index (χ3n) is 1.83. The predicted molar refractivity (Wildman–Crippen MR) is 51.4 cm³/mol. The van der Waals surface area contributed by atoms with Gasteiger partial charge in [0.15, 0.2) is 11.5 Å². The molecule has 0 unspecified atom stereocenters. The molecule has 0 aliphatic rings. The molecule has 2 rings (SSSR count). The van der Waals surface area contributed by atoms with Gasteiger partial charge >= 0.3 is 5.97 Å². The normalized spacial score (nSPS) is 10.2. The van der Waals surface area contributed by atoms with Crippen molar-refractivity contribution >= 4 is 5.97 Å². The molecule has 76 valence electrons. The summed E-state index contributed by atoms with van der Waals surface area (Å²) in [5.74, 6) is -0.141. The van der Waals surface area contributed by atoms with Crippen molar-refractivity contribution in [2.24, 2.45) is 0 Å². The predicted octanol–water partition coefficient (Wildman–Crippen LogP) is 1.74. The van der Waals surface area contributed by atoms with Gasteiger partial charge in [0, 0.05) is 6.07 Å². The molecular weight excluding hydrogens is 196 g/mol. The lowest BCUT2D eigenvalue weighted by Gasteiger charge is -2.00. The van der Waals surface area contributed by atoms with Crippen molar-refractivity contribution in [2.45, 2.75) is 6.92 Å². The van der Waals surface area contributed by atoms with Crippen molar-refractivity contribution in [3.8, 4) is 11.5 Å². The van der Waals surface area contributed by atoms with Crippen LogP contribution in [0.3, 0.4) is 0 Å². The Morgan fingerprint density at radius 1 is 1.47 bits per heavy atom. The molecule has 0 aromatic carbocycles. The quantitative estimate of drug-likeness (QED) is 0.806. The zero-order chi connectivity index (χ0) is 10.8. The van der Waals surface area contributed by atoms with Crippen LogP contribution >= 0.6 is 0 Å². The molecule has 5 nitrogen and oxygen atoms in total. The van der Waals surface area contributed by atoms with Gasteiger partial charge in [-0.05, 0) is 19.1 Å². The molecule has 0 radical (unpaired) electrons. The molecule has 2 aromatic heterocycles. The summed E-state index contributed by atoms with van der Waals surface area (Å²) in [7, 11) is 0. The second-order valence-electron chi connectivity index (χ2n) is 2.97. The van der Waals surface area contributed by atoms with Crippen LogP contribution in [0.15, 0.2) is 28.9 Å². The number of hydrogen-bond acceptors (Lipinski definition) is 4. The average Bonchev–Trinajstić information content (AvgIpc) is 2.69. The van der Waals surface area contributed by atoms with Gasteiger partial charge in [0.25, 0.3) is 0 Å². The van der Waals surface area contributed by atoms with Gasteiger partial charge in [-0.1, -0.05) is 0 Å². The maximum absolute atomic E-state index is 10.8. The average molecular weight is 204 g/mol. The van der Waals surface area contributed by atoms with Gasteiger partial charge in [0.1, 0.15) is 11.5 Å². The maximum atomic E-state index is 10.8. The summed E-state index contributed by atoms with van der Waals surface area (Å²) < 4.78 is 5.13. The molecule has 5 heteroatoms. The Bertz CT molecular complexity index is 491. The smallest absolute Gasteiger partial charge is 0.354 e. The summed E-state index contributed by atoms with van der Waals surface area (Å²) in [6.45, 7) is 1.64. The van der Waals surface area contributed by atoms with E-state index in [4.69, 9.17) is 9.52 Å². The van der Waals surface area contributed by atoms with E-state index in [2.05, 4.69) is 9.97 Å². The highest BCUT2D eigenvalue weighted by atomic mass is 16.4. The van der Waals surface area contributed by atoms with Crippen molar-refractivity contribution in [3.63, 3.8) is 0 Å². The lowest BCUT2D eigenvalue weighted by atomic mass is 10.2. The van der Waals surface area contributed by atoms with E-state index in [9.17, 15) is 4.79 Å². The van der Waals surface area contributed by atoms with E-state index in [0.717, 1.165) is 0 Å². The first-order chi connectivity index (χ1) is 7.16. The minimum absolute atomic E-state index is 0.0334. The topological polar surface area (TPSA) is 76.2 Å². The Kier molecular flexibility index (Phi) is 2.21. The van der Waals surface area contributed by atoms with Crippen LogP contribution in [0.5, 0.6) is 0 Å². The van der Waals surface area contributed by atoms with E-state index < -0.39 is 5.97 Å². The number of aryl methyl sites for hydroxylation is 1. The second kappa shape index (κ2) is 3.53. The molecule has 0 atom stereocenters. The lowest BCUT2D eigenvalue weighted by molar-refractivity contribution is 0.0690. The minimum atomic E-state index is -1.08. The summed E-state index contributed by atoms with van der Waals surface area (Å²) >= 11 is 0. The van der Waals surface area contributed by atoms with Crippen molar-refractivity contribution < 1.29 is 14.3 Å². The molecule has 0 fully saturated rings. The van der Waals surface area contributed by atoms with Crippen LogP contribution in [0.4, 0.5) is 0 Å². The van der Waals surface area contributed by atoms with Crippen LogP contribution in [0.25, 0.3) is 11.5 Å². The largest absolute Gasteiger partial charge is 0.477 e. The molecule has 0 saturated heterocycles. The Morgan fingerprint density at radius 3 is 2.87 bits per heavy atom. The minimum Gasteiger partial charge on any atom is -0.477 e. The molecule has 2 aromatic rings. The van der Waals surface area contributed by atoms with Gasteiger partial charge in [0.05, 0.1) is 6.26 Å². The number of aromatic nitrogens is 2. The fourth-order valence-corrected chi connectivity index (χ4v) is 1.23.